The summed E-state index contributed by atoms with van der Waals surface area (Å²) in [6.07, 6.45) is 25.5. The van der Waals surface area contributed by atoms with Crippen molar-refractivity contribution < 1.29 is 160 Å². The van der Waals surface area contributed by atoms with Crippen molar-refractivity contribution in [2.24, 2.45) is 43.3 Å². The minimum Gasteiger partial charge on any atom is -0.512 e. The van der Waals surface area contributed by atoms with Crippen molar-refractivity contribution in [1.29, 1.82) is 0 Å². The molecule has 0 bridgehead atoms. The Hall–Kier alpha value is -11.1. The van der Waals surface area contributed by atoms with Gasteiger partial charge in [0.2, 0.25) is 0 Å². The van der Waals surface area contributed by atoms with Crippen molar-refractivity contribution in [1.82, 2.24) is 65.5 Å². The Morgan fingerprint density at radius 3 is 0.953 bits per heavy atom. The number of hydrogen-bond acceptors (Lipinski definition) is 21. The van der Waals surface area contributed by atoms with Crippen LogP contribution in [-0.4, -0.2) is 109 Å². The van der Waals surface area contributed by atoms with E-state index < -0.39 is 21.7 Å². The summed E-state index contributed by atoms with van der Waals surface area (Å²) >= 11 is 0. The van der Waals surface area contributed by atoms with Crippen LogP contribution in [0, 0.1) is 121 Å². The summed E-state index contributed by atoms with van der Waals surface area (Å²) in [6.45, 7) is 56.8. The fourth-order valence-electron chi connectivity index (χ4n) is 11.2. The summed E-state index contributed by atoms with van der Waals surface area (Å²) in [5.41, 5.74) is 19.1. The van der Waals surface area contributed by atoms with Gasteiger partial charge in [-0.25, -0.2) is 20.3 Å². The quantitative estimate of drug-likeness (QED) is 0.0501. The second-order valence-electron chi connectivity index (χ2n) is 41.7. The maximum atomic E-state index is 11.5. The Bertz CT molecular complexity index is 5730. The van der Waals surface area contributed by atoms with Gasteiger partial charge in [0.05, 0.1) is 5.82 Å². The Balaban J connectivity index is 0. The second-order valence-corrected chi connectivity index (χ2v) is 41.7. The number of aliphatic hydroxyl groups excluding tert-OH is 4. The second kappa shape index (κ2) is 66.5. The van der Waals surface area contributed by atoms with Gasteiger partial charge in [-0.15, -0.1) is 181 Å². The molecule has 0 amide bonds. The summed E-state index contributed by atoms with van der Waals surface area (Å²) in [5, 5.41) is 61.5. The fourth-order valence-corrected chi connectivity index (χ4v) is 11.2. The Morgan fingerprint density at radius 2 is 0.628 bits per heavy atom. The average Bonchev–Trinajstić information content (AvgIpc) is 0.841. The van der Waals surface area contributed by atoms with Crippen molar-refractivity contribution in [3.8, 4) is 89.9 Å². The van der Waals surface area contributed by atoms with Crippen molar-refractivity contribution >= 4 is 23.1 Å². The minimum absolute atomic E-state index is 0. The van der Waals surface area contributed by atoms with Gasteiger partial charge in [-0.2, -0.15) is 21.4 Å². The molecule has 0 aliphatic rings. The topological polar surface area (TPSA) is 317 Å². The van der Waals surface area contributed by atoms with E-state index in [1.165, 1.54) is 69.4 Å². The zero-order chi connectivity index (χ0) is 106. The van der Waals surface area contributed by atoms with E-state index in [-0.39, 0.29) is 188 Å². The van der Waals surface area contributed by atoms with Gasteiger partial charge in [-0.3, -0.25) is 39.1 Å². The molecule has 14 rings (SSSR count). The van der Waals surface area contributed by atoms with Crippen LogP contribution in [0.25, 0.3) is 89.9 Å². The van der Waals surface area contributed by atoms with E-state index in [0.717, 1.165) is 84.4 Å². The van der Waals surface area contributed by atoms with Gasteiger partial charge in [0.15, 0.2) is 23.1 Å². The largest absolute Gasteiger partial charge is 0.512 e. The van der Waals surface area contributed by atoms with Crippen LogP contribution >= 0.6 is 0 Å². The van der Waals surface area contributed by atoms with Gasteiger partial charge in [0.25, 0.3) is 0 Å². The molecule has 27 heteroatoms. The van der Waals surface area contributed by atoms with Crippen LogP contribution < -0.4 is 0 Å². The van der Waals surface area contributed by atoms with Gasteiger partial charge in [-0.05, 0) is 53.0 Å². The molecule has 148 heavy (non-hydrogen) atoms. The first-order valence-corrected chi connectivity index (χ1v) is 46.7. The molecule has 0 fully saturated rings. The third-order valence-electron chi connectivity index (χ3n) is 20.4. The molecule has 4 N–H and O–H groups in total. The molecule has 14 aromatic rings. The van der Waals surface area contributed by atoms with Crippen LogP contribution in [0.4, 0.5) is 0 Å². The Morgan fingerprint density at radius 1 is 0.270 bits per heavy atom. The number of benzene rings is 7. The van der Waals surface area contributed by atoms with Crippen molar-refractivity contribution in [2.75, 3.05) is 0 Å². The number of pyridine rings is 1. The predicted molar refractivity (Wildman–Crippen MR) is 573 cm³/mol. The molecule has 7 aromatic heterocycles. The Labute approximate surface area is 960 Å². The van der Waals surface area contributed by atoms with E-state index in [1.54, 1.807) is 68.3 Å². The number of ketones is 4. The van der Waals surface area contributed by atoms with E-state index in [2.05, 4.69) is 210 Å². The van der Waals surface area contributed by atoms with E-state index in [4.69, 9.17) is 0 Å². The first kappa shape index (κ1) is 139. The number of allylic oxidation sites excluding steroid dienone is 8. The Kier molecular flexibility index (Phi) is 62.4. The molecule has 0 spiro atoms. The van der Waals surface area contributed by atoms with Crippen LogP contribution in [0.3, 0.4) is 0 Å². The monoisotopic (exact) mass is 3060 g/mol. The molecule has 21 nitrogen and oxygen atoms in total. The van der Waals surface area contributed by atoms with E-state index >= 15 is 0 Å². The zero-order valence-corrected chi connectivity index (χ0v) is 105. The number of aromatic nitrogens is 13. The van der Waals surface area contributed by atoms with Crippen molar-refractivity contribution in [3.05, 3.63) is 380 Å². The van der Waals surface area contributed by atoms with E-state index in [1.807, 2.05) is 287 Å². The normalized spacial score (nSPS) is 11.2. The SMILES string of the molecule is CC(C)(C)C(=O)C=C(O)C(C)(C)C.CC(C)(C)C(=O)C=C(O)C(C)(C)C.CC(C)(C)C(=O)C=C(O)C(C)(C)C.CC(C)(C)C(=O)C=C(O)C(C)(C)C.Cc1c[c-]c(-c2cccnn2)c(C)c1.Cc1c[c-]c(-c2ccncn2)c(C)c1.Cc1c[c-]c(-c2ncccn2)c(C)c1.[Ir].[Ir].[Ir].[Ir].[Ir].[Ir].[c-]1ccc(-c2ccccc2)cc1-c1cccnn1.[c-]1ccc(-c2ccccc2)cc1-c1cnccn1.[c-]1cnncc1-c1ccccn1. The number of carbonyl (C=O) groups is 4. The minimum atomic E-state index is -0.417. The van der Waals surface area contributed by atoms with Crippen molar-refractivity contribution in [2.45, 2.75) is 208 Å². The molecule has 7 aromatic carbocycles. The van der Waals surface area contributed by atoms with Gasteiger partial charge < -0.3 is 30.4 Å². The molecular formula is C121H141Ir6N13O8-6. The molecular weight excluding hydrogens is 2920 g/mol. The number of aryl methyl sites for hydroxylation is 6. The maximum Gasteiger partial charge on any atom is 0.164 e. The van der Waals surface area contributed by atoms with Gasteiger partial charge in [-0.1, -0.05) is 305 Å². The van der Waals surface area contributed by atoms with Gasteiger partial charge in [0, 0.05) is 261 Å². The third kappa shape index (κ3) is 51.9. The number of hydrogen-bond donors (Lipinski definition) is 4. The first-order chi connectivity index (χ1) is 66.3. The average molecular weight is 3060 g/mol. The van der Waals surface area contributed by atoms with Crippen LogP contribution in [0.2, 0.25) is 0 Å². The fraction of sp³-hybridized carbons (Fsp3) is 0.314. The number of rotatable bonds is 12. The van der Waals surface area contributed by atoms with Crippen LogP contribution in [0.5, 0.6) is 0 Å². The molecule has 7 heterocycles. The van der Waals surface area contributed by atoms with Crippen molar-refractivity contribution in [3.63, 3.8) is 0 Å². The molecule has 798 valence electrons. The van der Waals surface area contributed by atoms with Crippen LogP contribution in [0.15, 0.2) is 310 Å². The molecule has 6 radical (unpaired) electrons. The standard InChI is InChI=1S/2C16H11N2.3C12H11N2.4C11H20O2.C9H6N3.6Ir/c1-2-6-13(7-3-1)14-8-4-9-15(12-14)16-10-5-11-17-18-16;1-2-5-13(6-3-1)14-7-4-8-15(11-14)16-12-17-9-10-18-16;1-9-4-5-11(10(2)8-9)12-13-6-3-7-14-12;1-9-3-4-11(10(2)7-9)12-5-6-13-8-14-12;1-9-5-6-11(10(2)8-9)12-4-3-7-13-14-12;4*1-10(2,3)8(12)7-9(13)11(4,5)6;1-2-5-10-9(3-1)8-4-6-11-12-7-8;;;;;;/h1-8,10-12H;1-7,9-12H;3-4,6-8H,1-2H3;3,5-8H,1-2H3;3-5,7-8H,1-2H3;4*7,12H,1-6H3;1-3,5-7H;;;;;;/q5*-1;;;;;-1;;;;;;. The number of carbonyl (C=O) groups excluding carboxylic acids is 4. The summed E-state index contributed by atoms with van der Waals surface area (Å²) < 4.78 is 0. The summed E-state index contributed by atoms with van der Waals surface area (Å²) in [6, 6.07) is 81.0. The van der Waals surface area contributed by atoms with Crippen LogP contribution in [-0.2, 0) is 140 Å². The molecule has 0 saturated heterocycles. The maximum absolute atomic E-state index is 11.5. The molecule has 0 aliphatic heterocycles. The number of aliphatic hydroxyl groups is 4. The summed E-state index contributed by atoms with van der Waals surface area (Å²) in [5.74, 6) is 1.16. The molecule has 0 aliphatic carbocycles. The molecule has 0 saturated carbocycles. The first-order valence-electron chi connectivity index (χ1n) is 46.7. The van der Waals surface area contributed by atoms with E-state index in [9.17, 15) is 39.6 Å². The van der Waals surface area contributed by atoms with Gasteiger partial charge >= 0.3 is 0 Å². The predicted octanol–water partition coefficient (Wildman–Crippen LogP) is 28.6. The number of nitrogens with zero attached hydrogens (tertiary/aromatic N) is 13. The zero-order valence-electron chi connectivity index (χ0n) is 90.4. The molecule has 0 atom stereocenters. The summed E-state index contributed by atoms with van der Waals surface area (Å²) in [7, 11) is 0. The molecule has 0 unspecified atom stereocenters. The third-order valence-corrected chi connectivity index (χ3v) is 20.4. The van der Waals surface area contributed by atoms with Crippen LogP contribution in [0.1, 0.15) is 200 Å². The summed E-state index contributed by atoms with van der Waals surface area (Å²) in [4.78, 5) is 74.9. The van der Waals surface area contributed by atoms with Gasteiger partial charge in [0.1, 0.15) is 29.4 Å². The smallest absolute Gasteiger partial charge is 0.164 e. The van der Waals surface area contributed by atoms with E-state index in [0.29, 0.717) is 0 Å².